The van der Waals surface area contributed by atoms with Crippen LogP contribution in [-0.4, -0.2) is 9.55 Å². The standard InChI is InChI=1S/C12H15N3O2/c1-12(4-2-3-5-12)8-15-7-9(6-13)10(16)14-11(15)17/h7H,2-5,8H2,1H3,(H,14,16,17). The maximum Gasteiger partial charge on any atom is 0.328 e. The summed E-state index contributed by atoms with van der Waals surface area (Å²) >= 11 is 0. The number of rotatable bonds is 2. The molecule has 1 aromatic rings. The Morgan fingerprint density at radius 2 is 2.12 bits per heavy atom. The number of nitrogens with zero attached hydrogens (tertiary/aromatic N) is 2. The van der Waals surface area contributed by atoms with Gasteiger partial charge in [-0.3, -0.25) is 14.3 Å². The fourth-order valence-electron chi connectivity index (χ4n) is 2.50. The fourth-order valence-corrected chi connectivity index (χ4v) is 2.50. The first-order valence-corrected chi connectivity index (χ1v) is 5.78. The molecule has 0 bridgehead atoms. The molecule has 1 aliphatic rings. The summed E-state index contributed by atoms with van der Waals surface area (Å²) in [5, 5.41) is 8.77. The average Bonchev–Trinajstić information content (AvgIpc) is 2.69. The van der Waals surface area contributed by atoms with Crippen LogP contribution in [0.3, 0.4) is 0 Å². The van der Waals surface area contributed by atoms with Crippen LogP contribution in [0, 0.1) is 16.7 Å². The Kier molecular flexibility index (Phi) is 2.88. The molecule has 0 spiro atoms. The quantitative estimate of drug-likeness (QED) is 0.827. The molecule has 1 heterocycles. The second kappa shape index (κ2) is 4.21. The van der Waals surface area contributed by atoms with Gasteiger partial charge in [-0.05, 0) is 18.3 Å². The molecular formula is C12H15N3O2. The minimum Gasteiger partial charge on any atom is -0.299 e. The van der Waals surface area contributed by atoms with E-state index in [1.54, 1.807) is 6.07 Å². The lowest BCUT2D eigenvalue weighted by Gasteiger charge is -2.24. The molecule has 0 unspecified atom stereocenters. The molecule has 1 aliphatic carbocycles. The predicted octanol–water partition coefficient (Wildman–Crippen LogP) is 0.989. The smallest absolute Gasteiger partial charge is 0.299 e. The van der Waals surface area contributed by atoms with Gasteiger partial charge in [0.25, 0.3) is 5.56 Å². The Labute approximate surface area is 98.7 Å². The van der Waals surface area contributed by atoms with Crippen LogP contribution in [-0.2, 0) is 6.54 Å². The Morgan fingerprint density at radius 1 is 1.47 bits per heavy atom. The highest BCUT2D eigenvalue weighted by molar-refractivity contribution is 5.21. The highest BCUT2D eigenvalue weighted by atomic mass is 16.2. The van der Waals surface area contributed by atoms with Crippen molar-refractivity contribution in [1.82, 2.24) is 9.55 Å². The van der Waals surface area contributed by atoms with Crippen molar-refractivity contribution in [3.8, 4) is 6.07 Å². The Hall–Kier alpha value is -1.83. The van der Waals surface area contributed by atoms with E-state index in [9.17, 15) is 9.59 Å². The summed E-state index contributed by atoms with van der Waals surface area (Å²) in [4.78, 5) is 25.1. The second-order valence-corrected chi connectivity index (χ2v) is 5.06. The van der Waals surface area contributed by atoms with E-state index in [1.165, 1.54) is 23.6 Å². The molecule has 90 valence electrons. The second-order valence-electron chi connectivity index (χ2n) is 5.06. The van der Waals surface area contributed by atoms with Crippen molar-refractivity contribution in [3.05, 3.63) is 32.6 Å². The molecule has 0 aliphatic heterocycles. The number of hydrogen-bond donors (Lipinski definition) is 1. The van der Waals surface area contributed by atoms with Crippen LogP contribution in [0.4, 0.5) is 0 Å². The van der Waals surface area contributed by atoms with Gasteiger partial charge >= 0.3 is 5.69 Å². The maximum absolute atomic E-state index is 11.6. The molecule has 5 heteroatoms. The molecule has 0 saturated heterocycles. The Balaban J connectivity index is 2.37. The van der Waals surface area contributed by atoms with Crippen molar-refractivity contribution < 1.29 is 0 Å². The first kappa shape index (κ1) is 11.6. The van der Waals surface area contributed by atoms with Crippen LogP contribution >= 0.6 is 0 Å². The number of nitriles is 1. The zero-order valence-electron chi connectivity index (χ0n) is 9.82. The lowest BCUT2D eigenvalue weighted by molar-refractivity contribution is 0.275. The van der Waals surface area contributed by atoms with Crippen LogP contribution in [0.2, 0.25) is 0 Å². The Bertz CT molecular complexity index is 571. The summed E-state index contributed by atoms with van der Waals surface area (Å²) in [6.07, 6.45) is 5.89. The van der Waals surface area contributed by atoms with E-state index < -0.39 is 11.2 Å². The average molecular weight is 233 g/mol. The third-order valence-electron chi connectivity index (χ3n) is 3.49. The molecule has 1 saturated carbocycles. The summed E-state index contributed by atoms with van der Waals surface area (Å²) in [6, 6.07) is 1.80. The molecule has 17 heavy (non-hydrogen) atoms. The maximum atomic E-state index is 11.6. The molecule has 0 radical (unpaired) electrons. The number of aromatic amines is 1. The van der Waals surface area contributed by atoms with Crippen LogP contribution in [0.15, 0.2) is 15.8 Å². The van der Waals surface area contributed by atoms with Gasteiger partial charge in [-0.25, -0.2) is 4.79 Å². The minimum atomic E-state index is -0.606. The molecule has 1 aromatic heterocycles. The largest absolute Gasteiger partial charge is 0.328 e. The van der Waals surface area contributed by atoms with E-state index in [0.717, 1.165) is 12.8 Å². The first-order chi connectivity index (χ1) is 8.04. The monoisotopic (exact) mass is 233 g/mol. The van der Waals surface area contributed by atoms with Crippen LogP contribution in [0.1, 0.15) is 38.2 Å². The van der Waals surface area contributed by atoms with Gasteiger partial charge in [-0.2, -0.15) is 5.26 Å². The SMILES string of the molecule is CC1(Cn2cc(C#N)c(=O)[nH]c2=O)CCCC1. The molecule has 5 nitrogen and oxygen atoms in total. The summed E-state index contributed by atoms with van der Waals surface area (Å²) in [6.45, 7) is 2.71. The third-order valence-corrected chi connectivity index (χ3v) is 3.49. The summed E-state index contributed by atoms with van der Waals surface area (Å²) in [7, 11) is 0. The molecule has 0 amide bonds. The van der Waals surface area contributed by atoms with E-state index >= 15 is 0 Å². The van der Waals surface area contributed by atoms with E-state index in [1.807, 2.05) is 0 Å². The van der Waals surface area contributed by atoms with Crippen molar-refractivity contribution in [2.75, 3.05) is 0 Å². The fraction of sp³-hybridized carbons (Fsp3) is 0.583. The number of nitrogens with one attached hydrogen (secondary N) is 1. The topological polar surface area (TPSA) is 78.7 Å². The van der Waals surface area contributed by atoms with Crippen molar-refractivity contribution in [3.63, 3.8) is 0 Å². The van der Waals surface area contributed by atoms with Gasteiger partial charge < -0.3 is 0 Å². The zero-order valence-corrected chi connectivity index (χ0v) is 9.82. The highest BCUT2D eigenvalue weighted by Gasteiger charge is 2.29. The number of aromatic nitrogens is 2. The van der Waals surface area contributed by atoms with Gasteiger partial charge in [0, 0.05) is 12.7 Å². The molecule has 1 fully saturated rings. The van der Waals surface area contributed by atoms with Crippen LogP contribution in [0.5, 0.6) is 0 Å². The molecule has 1 N–H and O–H groups in total. The van der Waals surface area contributed by atoms with E-state index in [-0.39, 0.29) is 11.0 Å². The molecule has 0 atom stereocenters. The van der Waals surface area contributed by atoms with Gasteiger partial charge in [0.1, 0.15) is 11.6 Å². The highest BCUT2D eigenvalue weighted by Crippen LogP contribution is 2.38. The molecule has 0 aromatic carbocycles. The van der Waals surface area contributed by atoms with Crippen molar-refractivity contribution in [2.45, 2.75) is 39.2 Å². The van der Waals surface area contributed by atoms with Crippen molar-refractivity contribution >= 4 is 0 Å². The summed E-state index contributed by atoms with van der Waals surface area (Å²) in [5.41, 5.74) is -0.937. The van der Waals surface area contributed by atoms with Gasteiger partial charge in [0.2, 0.25) is 0 Å². The minimum absolute atomic E-state index is 0.00815. The number of hydrogen-bond acceptors (Lipinski definition) is 3. The van der Waals surface area contributed by atoms with E-state index in [0.29, 0.717) is 6.54 Å². The van der Waals surface area contributed by atoms with Gasteiger partial charge in [-0.1, -0.05) is 19.8 Å². The zero-order chi connectivity index (χ0) is 12.5. The van der Waals surface area contributed by atoms with Crippen molar-refractivity contribution in [2.24, 2.45) is 5.41 Å². The lowest BCUT2D eigenvalue weighted by Crippen LogP contribution is -2.35. The summed E-state index contributed by atoms with van der Waals surface area (Å²) in [5.74, 6) is 0. The van der Waals surface area contributed by atoms with Crippen LogP contribution < -0.4 is 11.2 Å². The molecule has 2 rings (SSSR count). The lowest BCUT2D eigenvalue weighted by atomic mass is 9.89. The van der Waals surface area contributed by atoms with Gasteiger partial charge in [0.15, 0.2) is 0 Å². The van der Waals surface area contributed by atoms with Crippen LogP contribution in [0.25, 0.3) is 0 Å². The number of H-pyrrole nitrogens is 1. The third kappa shape index (κ3) is 2.31. The predicted molar refractivity (Wildman–Crippen MR) is 62.6 cm³/mol. The van der Waals surface area contributed by atoms with E-state index in [2.05, 4.69) is 11.9 Å². The van der Waals surface area contributed by atoms with Crippen molar-refractivity contribution in [1.29, 1.82) is 5.26 Å². The molecular weight excluding hydrogens is 218 g/mol. The van der Waals surface area contributed by atoms with Gasteiger partial charge in [-0.15, -0.1) is 0 Å². The Morgan fingerprint density at radius 3 is 2.71 bits per heavy atom. The van der Waals surface area contributed by atoms with E-state index in [4.69, 9.17) is 5.26 Å². The normalized spacial score (nSPS) is 17.9. The van der Waals surface area contributed by atoms with Gasteiger partial charge in [0.05, 0.1) is 0 Å². The first-order valence-electron chi connectivity index (χ1n) is 5.78. The summed E-state index contributed by atoms with van der Waals surface area (Å²) < 4.78 is 1.45.